The molecule has 1 N–H and O–H groups in total. The van der Waals surface area contributed by atoms with Crippen molar-refractivity contribution in [3.05, 3.63) is 101 Å². The first-order chi connectivity index (χ1) is 14.1. The Morgan fingerprint density at radius 1 is 0.931 bits per heavy atom. The Kier molecular flexibility index (Phi) is 5.22. The van der Waals surface area contributed by atoms with Crippen LogP contribution in [0.15, 0.2) is 94.9 Å². The number of aromatic nitrogens is 1. The van der Waals surface area contributed by atoms with E-state index in [1.165, 1.54) is 23.9 Å². The molecule has 3 aromatic carbocycles. The number of fused-ring (bicyclic) bond motifs is 1. The molecular formula is C22H15N3O3S. The van der Waals surface area contributed by atoms with E-state index >= 15 is 0 Å². The van der Waals surface area contributed by atoms with Crippen molar-refractivity contribution in [2.45, 2.75) is 9.79 Å². The minimum Gasteiger partial charge on any atom is -0.322 e. The molecular weight excluding hydrogens is 386 g/mol. The van der Waals surface area contributed by atoms with Crippen LogP contribution in [0.3, 0.4) is 0 Å². The summed E-state index contributed by atoms with van der Waals surface area (Å²) in [4.78, 5) is 29.0. The summed E-state index contributed by atoms with van der Waals surface area (Å²) in [6, 6.07) is 23.0. The van der Waals surface area contributed by atoms with Crippen LogP contribution in [-0.4, -0.2) is 15.8 Å². The highest BCUT2D eigenvalue weighted by Crippen LogP contribution is 2.29. The average molecular weight is 401 g/mol. The lowest BCUT2D eigenvalue weighted by Gasteiger charge is -2.08. The van der Waals surface area contributed by atoms with Gasteiger partial charge in [-0.25, -0.2) is 0 Å². The monoisotopic (exact) mass is 401 g/mol. The molecule has 0 unspecified atom stereocenters. The third kappa shape index (κ3) is 4.41. The highest BCUT2D eigenvalue weighted by Gasteiger charge is 2.09. The normalized spacial score (nSPS) is 10.6. The smallest absolute Gasteiger partial charge is 0.269 e. The zero-order chi connectivity index (χ0) is 20.2. The number of non-ortho nitro benzene ring substituents is 1. The summed E-state index contributed by atoms with van der Waals surface area (Å²) in [5.74, 6) is -0.216. The third-order valence-electron chi connectivity index (χ3n) is 4.24. The van der Waals surface area contributed by atoms with E-state index in [1.807, 2.05) is 42.5 Å². The Hall–Kier alpha value is -3.71. The van der Waals surface area contributed by atoms with Crippen LogP contribution in [0.4, 0.5) is 11.4 Å². The van der Waals surface area contributed by atoms with E-state index in [-0.39, 0.29) is 11.6 Å². The molecule has 0 bridgehead atoms. The fourth-order valence-electron chi connectivity index (χ4n) is 2.82. The van der Waals surface area contributed by atoms with E-state index in [0.29, 0.717) is 11.3 Å². The van der Waals surface area contributed by atoms with Crippen molar-refractivity contribution in [1.29, 1.82) is 0 Å². The second-order valence-electron chi connectivity index (χ2n) is 6.25. The van der Waals surface area contributed by atoms with Crippen molar-refractivity contribution in [1.82, 2.24) is 4.98 Å². The van der Waals surface area contributed by atoms with Crippen molar-refractivity contribution >= 4 is 39.9 Å². The predicted molar refractivity (Wildman–Crippen MR) is 113 cm³/mol. The molecule has 0 aliphatic heterocycles. The molecule has 0 fully saturated rings. The van der Waals surface area contributed by atoms with E-state index in [0.717, 1.165) is 20.7 Å². The number of rotatable bonds is 5. The molecule has 4 rings (SSSR count). The van der Waals surface area contributed by atoms with E-state index < -0.39 is 4.92 Å². The SMILES string of the molecule is O=C(Nc1ccc2cccnc2c1)c1cccc(Sc2ccc([N+](=O)[O-])cc2)c1. The average Bonchev–Trinajstić information content (AvgIpc) is 2.74. The van der Waals surface area contributed by atoms with Crippen LogP contribution in [0.5, 0.6) is 0 Å². The summed E-state index contributed by atoms with van der Waals surface area (Å²) < 4.78 is 0. The maximum atomic E-state index is 12.7. The zero-order valence-corrected chi connectivity index (χ0v) is 15.9. The molecule has 0 spiro atoms. The number of benzene rings is 3. The maximum absolute atomic E-state index is 12.7. The number of nitro benzene ring substituents is 1. The van der Waals surface area contributed by atoms with Crippen LogP contribution in [0.1, 0.15) is 10.4 Å². The molecule has 0 saturated carbocycles. The van der Waals surface area contributed by atoms with Gasteiger partial charge in [0.15, 0.2) is 0 Å². The Balaban J connectivity index is 1.49. The van der Waals surface area contributed by atoms with Gasteiger partial charge >= 0.3 is 0 Å². The topological polar surface area (TPSA) is 85.1 Å². The predicted octanol–water partition coefficient (Wildman–Crippen LogP) is 5.55. The second kappa shape index (κ2) is 8.12. The molecule has 4 aromatic rings. The van der Waals surface area contributed by atoms with Gasteiger partial charge in [0, 0.05) is 44.8 Å². The molecule has 0 aliphatic rings. The zero-order valence-electron chi connectivity index (χ0n) is 15.1. The van der Waals surface area contributed by atoms with E-state index in [2.05, 4.69) is 10.3 Å². The lowest BCUT2D eigenvalue weighted by atomic mass is 10.2. The lowest BCUT2D eigenvalue weighted by molar-refractivity contribution is -0.384. The molecule has 142 valence electrons. The van der Waals surface area contributed by atoms with E-state index in [4.69, 9.17) is 0 Å². The number of pyridine rings is 1. The van der Waals surface area contributed by atoms with Gasteiger partial charge in [0.05, 0.1) is 10.4 Å². The van der Waals surface area contributed by atoms with Crippen LogP contribution in [-0.2, 0) is 0 Å². The number of hydrogen-bond acceptors (Lipinski definition) is 5. The molecule has 0 saturated heterocycles. The van der Waals surface area contributed by atoms with Crippen LogP contribution in [0.2, 0.25) is 0 Å². The summed E-state index contributed by atoms with van der Waals surface area (Å²) in [6.07, 6.45) is 1.72. The molecule has 6 nitrogen and oxygen atoms in total. The van der Waals surface area contributed by atoms with Gasteiger partial charge in [-0.05, 0) is 48.5 Å². The van der Waals surface area contributed by atoms with Crippen molar-refractivity contribution in [3.63, 3.8) is 0 Å². The fraction of sp³-hybridized carbons (Fsp3) is 0. The highest BCUT2D eigenvalue weighted by molar-refractivity contribution is 7.99. The number of nitrogens with one attached hydrogen (secondary N) is 1. The minimum atomic E-state index is -0.429. The molecule has 0 aliphatic carbocycles. The van der Waals surface area contributed by atoms with Gasteiger partial charge < -0.3 is 5.32 Å². The van der Waals surface area contributed by atoms with Gasteiger partial charge in [-0.2, -0.15) is 0 Å². The molecule has 0 radical (unpaired) electrons. The lowest BCUT2D eigenvalue weighted by Crippen LogP contribution is -2.11. The van der Waals surface area contributed by atoms with Crippen LogP contribution < -0.4 is 5.32 Å². The largest absolute Gasteiger partial charge is 0.322 e. The number of anilines is 1. The number of carbonyl (C=O) groups excluding carboxylic acids is 1. The minimum absolute atomic E-state index is 0.0485. The molecule has 1 amide bonds. The molecule has 1 heterocycles. The molecule has 1 aromatic heterocycles. The first-order valence-corrected chi connectivity index (χ1v) is 9.59. The molecule has 0 atom stereocenters. The Morgan fingerprint density at radius 2 is 1.76 bits per heavy atom. The fourth-order valence-corrected chi connectivity index (χ4v) is 3.70. The summed E-state index contributed by atoms with van der Waals surface area (Å²) >= 11 is 1.44. The van der Waals surface area contributed by atoms with Crippen molar-refractivity contribution in [3.8, 4) is 0 Å². The second-order valence-corrected chi connectivity index (χ2v) is 7.39. The van der Waals surface area contributed by atoms with Gasteiger partial charge in [-0.3, -0.25) is 19.9 Å². The standard InChI is InChI=1S/C22H15N3O3S/c26-22(24-17-7-6-15-4-2-12-23-21(15)14-17)16-3-1-5-20(13-16)29-19-10-8-18(9-11-19)25(27)28/h1-14H,(H,24,26). The number of carbonyl (C=O) groups is 1. The maximum Gasteiger partial charge on any atom is 0.269 e. The summed E-state index contributed by atoms with van der Waals surface area (Å²) in [5, 5.41) is 14.7. The number of nitrogens with zero attached hydrogens (tertiary/aromatic N) is 2. The van der Waals surface area contributed by atoms with Crippen molar-refractivity contribution in [2.24, 2.45) is 0 Å². The Labute approximate surface area is 170 Å². The summed E-state index contributed by atoms with van der Waals surface area (Å²) in [6.45, 7) is 0. The van der Waals surface area contributed by atoms with E-state index in [9.17, 15) is 14.9 Å². The summed E-state index contributed by atoms with van der Waals surface area (Å²) in [7, 11) is 0. The summed E-state index contributed by atoms with van der Waals surface area (Å²) in [5.41, 5.74) is 2.06. The van der Waals surface area contributed by atoms with Gasteiger partial charge in [0.25, 0.3) is 11.6 Å². The van der Waals surface area contributed by atoms with Crippen LogP contribution in [0.25, 0.3) is 10.9 Å². The number of nitro groups is 1. The number of hydrogen-bond donors (Lipinski definition) is 1. The van der Waals surface area contributed by atoms with Crippen molar-refractivity contribution < 1.29 is 9.72 Å². The Bertz CT molecular complexity index is 1210. The van der Waals surface area contributed by atoms with E-state index in [1.54, 1.807) is 30.5 Å². The Morgan fingerprint density at radius 3 is 2.55 bits per heavy atom. The highest BCUT2D eigenvalue weighted by atomic mass is 32.2. The van der Waals surface area contributed by atoms with Gasteiger partial charge in [0.2, 0.25) is 0 Å². The quantitative estimate of drug-likeness (QED) is 0.350. The number of amides is 1. The van der Waals surface area contributed by atoms with Crippen LogP contribution in [0, 0.1) is 10.1 Å². The first kappa shape index (κ1) is 18.6. The van der Waals surface area contributed by atoms with Gasteiger partial charge in [0.1, 0.15) is 0 Å². The molecule has 29 heavy (non-hydrogen) atoms. The van der Waals surface area contributed by atoms with Gasteiger partial charge in [-0.15, -0.1) is 0 Å². The van der Waals surface area contributed by atoms with Crippen LogP contribution >= 0.6 is 11.8 Å². The van der Waals surface area contributed by atoms with Crippen molar-refractivity contribution in [2.75, 3.05) is 5.32 Å². The molecule has 7 heteroatoms. The first-order valence-electron chi connectivity index (χ1n) is 8.77. The third-order valence-corrected chi connectivity index (χ3v) is 5.24. The van der Waals surface area contributed by atoms with Gasteiger partial charge in [-0.1, -0.05) is 30.0 Å².